The highest BCUT2D eigenvalue weighted by Gasteiger charge is 2.28. The van der Waals surface area contributed by atoms with Gasteiger partial charge >= 0.3 is 0 Å². The second-order valence-electron chi connectivity index (χ2n) is 13.7. The van der Waals surface area contributed by atoms with Crippen LogP contribution in [0.1, 0.15) is 106 Å². The second kappa shape index (κ2) is 12.9. The normalized spacial score (nSPS) is 12.7. The highest BCUT2D eigenvalue weighted by atomic mass is 16.5. The molecule has 0 heterocycles. The van der Waals surface area contributed by atoms with Crippen molar-refractivity contribution in [3.8, 4) is 5.75 Å². The molecule has 0 N–H and O–H groups in total. The molecule has 0 aromatic heterocycles. The zero-order valence-corrected chi connectivity index (χ0v) is 25.0. The standard InChI is InChI=1S/C18H30O2.C15H24/c1-7-19-12-13-20-16-10-8-15(9-11-16)18(5,6)14-17(2,3)4;1-12-7-9-13(10-8-12)15(5,6)11-14(2,3)4/h8-11H,7,12-14H2,1-6H3;7-10H,11H2,1-6H3. The van der Waals surface area contributed by atoms with Crippen LogP contribution in [0.4, 0.5) is 0 Å². The van der Waals surface area contributed by atoms with E-state index in [-0.39, 0.29) is 10.8 Å². The third kappa shape index (κ3) is 12.6. The van der Waals surface area contributed by atoms with Gasteiger partial charge in [0.2, 0.25) is 0 Å². The number of hydrogen-bond donors (Lipinski definition) is 0. The minimum atomic E-state index is 0.183. The van der Waals surface area contributed by atoms with E-state index in [9.17, 15) is 0 Å². The molecule has 0 fully saturated rings. The van der Waals surface area contributed by atoms with E-state index in [0.29, 0.717) is 24.0 Å². The highest BCUT2D eigenvalue weighted by molar-refractivity contribution is 5.32. The van der Waals surface area contributed by atoms with Crippen molar-refractivity contribution < 1.29 is 9.47 Å². The van der Waals surface area contributed by atoms with Gasteiger partial charge in [-0.1, -0.05) is 111 Å². The lowest BCUT2D eigenvalue weighted by Crippen LogP contribution is -2.24. The Kier molecular flexibility index (Phi) is 11.6. The van der Waals surface area contributed by atoms with E-state index in [0.717, 1.165) is 18.8 Å². The smallest absolute Gasteiger partial charge is 0.119 e. The summed E-state index contributed by atoms with van der Waals surface area (Å²) in [7, 11) is 0. The van der Waals surface area contributed by atoms with Gasteiger partial charge in [0.1, 0.15) is 12.4 Å². The molecule has 0 aliphatic heterocycles. The molecule has 0 saturated heterocycles. The lowest BCUT2D eigenvalue weighted by Gasteiger charge is -2.33. The lowest BCUT2D eigenvalue weighted by atomic mass is 9.72. The molecule has 0 amide bonds. The predicted octanol–water partition coefficient (Wildman–Crippen LogP) is 9.52. The molecule has 2 nitrogen and oxygen atoms in total. The first-order valence-corrected chi connectivity index (χ1v) is 13.3. The molecular weight excluding hydrogens is 428 g/mol. The van der Waals surface area contributed by atoms with Crippen molar-refractivity contribution in [3.05, 3.63) is 65.2 Å². The van der Waals surface area contributed by atoms with E-state index in [1.807, 2.05) is 6.92 Å². The van der Waals surface area contributed by atoms with Gasteiger partial charge in [-0.2, -0.15) is 0 Å². The summed E-state index contributed by atoms with van der Waals surface area (Å²) in [6.45, 7) is 29.2. The third-order valence-electron chi connectivity index (χ3n) is 6.11. The maximum absolute atomic E-state index is 5.65. The summed E-state index contributed by atoms with van der Waals surface area (Å²) in [6, 6.07) is 17.4. The van der Waals surface area contributed by atoms with Crippen molar-refractivity contribution >= 4 is 0 Å². The summed E-state index contributed by atoms with van der Waals surface area (Å²) < 4.78 is 10.9. The molecule has 35 heavy (non-hydrogen) atoms. The first kappa shape index (κ1) is 31.2. The van der Waals surface area contributed by atoms with Crippen molar-refractivity contribution in [2.24, 2.45) is 10.8 Å². The van der Waals surface area contributed by atoms with Crippen LogP contribution in [0.25, 0.3) is 0 Å². The first-order chi connectivity index (χ1) is 16.0. The number of hydrogen-bond acceptors (Lipinski definition) is 2. The van der Waals surface area contributed by atoms with Gasteiger partial charge in [0, 0.05) is 6.61 Å². The van der Waals surface area contributed by atoms with Crippen LogP contribution in [-0.4, -0.2) is 19.8 Å². The minimum absolute atomic E-state index is 0.183. The third-order valence-corrected chi connectivity index (χ3v) is 6.11. The van der Waals surface area contributed by atoms with Crippen molar-refractivity contribution in [3.63, 3.8) is 0 Å². The van der Waals surface area contributed by atoms with Gasteiger partial charge in [-0.3, -0.25) is 0 Å². The Balaban J connectivity index is 0.000000365. The molecule has 2 aromatic carbocycles. The second-order valence-corrected chi connectivity index (χ2v) is 13.7. The zero-order valence-electron chi connectivity index (χ0n) is 25.0. The molecule has 0 spiro atoms. The fraction of sp³-hybridized carbons (Fsp3) is 0.636. The van der Waals surface area contributed by atoms with Crippen LogP contribution in [-0.2, 0) is 15.6 Å². The predicted molar refractivity (Wildman–Crippen MR) is 154 cm³/mol. The topological polar surface area (TPSA) is 18.5 Å². The lowest BCUT2D eigenvalue weighted by molar-refractivity contribution is 0.110. The summed E-state index contributed by atoms with van der Waals surface area (Å²) in [5, 5.41) is 0. The maximum atomic E-state index is 5.65. The molecule has 0 radical (unpaired) electrons. The fourth-order valence-corrected chi connectivity index (χ4v) is 5.23. The Labute approximate surface area is 217 Å². The highest BCUT2D eigenvalue weighted by Crippen LogP contribution is 2.37. The molecule has 0 aliphatic rings. The van der Waals surface area contributed by atoms with Gasteiger partial charge < -0.3 is 9.47 Å². The van der Waals surface area contributed by atoms with E-state index in [4.69, 9.17) is 9.47 Å². The number of rotatable bonds is 9. The van der Waals surface area contributed by atoms with Gasteiger partial charge in [0.15, 0.2) is 0 Å². The quantitative estimate of drug-likeness (QED) is 0.331. The van der Waals surface area contributed by atoms with Crippen molar-refractivity contribution in [2.45, 2.75) is 107 Å². The van der Waals surface area contributed by atoms with Gasteiger partial charge in [0.25, 0.3) is 0 Å². The number of ether oxygens (including phenoxy) is 2. The van der Waals surface area contributed by atoms with E-state index < -0.39 is 0 Å². The Bertz CT molecular complexity index is 844. The average molecular weight is 483 g/mol. The Morgan fingerprint density at radius 3 is 1.34 bits per heavy atom. The molecule has 0 unspecified atom stereocenters. The summed E-state index contributed by atoms with van der Waals surface area (Å²) in [4.78, 5) is 0. The maximum Gasteiger partial charge on any atom is 0.119 e. The summed E-state index contributed by atoms with van der Waals surface area (Å²) in [6.07, 6.45) is 2.37. The van der Waals surface area contributed by atoms with E-state index in [1.54, 1.807) is 0 Å². The summed E-state index contributed by atoms with van der Waals surface area (Å²) >= 11 is 0. The van der Waals surface area contributed by atoms with Gasteiger partial charge in [0.05, 0.1) is 6.61 Å². The SMILES string of the molecule is CCOCCOc1ccc(C(C)(C)CC(C)(C)C)cc1.Cc1ccc(C(C)(C)CC(C)(C)C)cc1. The monoisotopic (exact) mass is 482 g/mol. The van der Waals surface area contributed by atoms with Crippen LogP contribution in [0, 0.1) is 17.8 Å². The van der Waals surface area contributed by atoms with E-state index >= 15 is 0 Å². The van der Waals surface area contributed by atoms with Crippen LogP contribution in [0.5, 0.6) is 5.75 Å². The molecule has 0 saturated carbocycles. The molecule has 0 atom stereocenters. The van der Waals surface area contributed by atoms with Crippen LogP contribution in [0.2, 0.25) is 0 Å². The number of benzene rings is 2. The van der Waals surface area contributed by atoms with Crippen molar-refractivity contribution in [1.29, 1.82) is 0 Å². The van der Waals surface area contributed by atoms with E-state index in [2.05, 4.69) is 125 Å². The first-order valence-electron chi connectivity index (χ1n) is 13.3. The van der Waals surface area contributed by atoms with Crippen LogP contribution >= 0.6 is 0 Å². The molecule has 0 bridgehead atoms. The van der Waals surface area contributed by atoms with Crippen LogP contribution < -0.4 is 4.74 Å². The number of aryl methyl sites for hydroxylation is 1. The average Bonchev–Trinajstić information content (AvgIpc) is 2.69. The Morgan fingerprint density at radius 1 is 0.571 bits per heavy atom. The Morgan fingerprint density at radius 2 is 0.971 bits per heavy atom. The molecule has 2 aromatic rings. The van der Waals surface area contributed by atoms with Crippen molar-refractivity contribution in [1.82, 2.24) is 0 Å². The van der Waals surface area contributed by atoms with Crippen LogP contribution in [0.15, 0.2) is 48.5 Å². The van der Waals surface area contributed by atoms with Gasteiger partial charge in [-0.25, -0.2) is 0 Å². The van der Waals surface area contributed by atoms with Gasteiger partial charge in [-0.05, 0) is 71.6 Å². The minimum Gasteiger partial charge on any atom is -0.491 e. The molecule has 2 rings (SSSR count). The Hall–Kier alpha value is -1.80. The van der Waals surface area contributed by atoms with Crippen LogP contribution in [0.3, 0.4) is 0 Å². The summed E-state index contributed by atoms with van der Waals surface area (Å²) in [5.74, 6) is 0.917. The molecule has 198 valence electrons. The zero-order chi connectivity index (χ0) is 26.9. The van der Waals surface area contributed by atoms with Gasteiger partial charge in [-0.15, -0.1) is 0 Å². The largest absolute Gasteiger partial charge is 0.491 e. The molecule has 0 aliphatic carbocycles. The molecule has 2 heteroatoms. The fourth-order valence-electron chi connectivity index (χ4n) is 5.23. The molecular formula is C33H54O2. The van der Waals surface area contributed by atoms with E-state index in [1.165, 1.54) is 23.1 Å². The summed E-state index contributed by atoms with van der Waals surface area (Å²) in [5.41, 5.74) is 5.32. The van der Waals surface area contributed by atoms with Crippen molar-refractivity contribution in [2.75, 3.05) is 19.8 Å².